The monoisotopic (exact) mass is 303 g/mol. The van der Waals surface area contributed by atoms with Gasteiger partial charge >= 0.3 is 0 Å². The Bertz CT molecular complexity index is 331. The van der Waals surface area contributed by atoms with E-state index in [-0.39, 0.29) is 6.61 Å². The minimum atomic E-state index is -0.436. The highest BCUT2D eigenvalue weighted by molar-refractivity contribution is 9.10. The van der Waals surface area contributed by atoms with Gasteiger partial charge in [0.25, 0.3) is 0 Å². The van der Waals surface area contributed by atoms with Gasteiger partial charge in [-0.3, -0.25) is 0 Å². The fourth-order valence-electron chi connectivity index (χ4n) is 1.30. The molecule has 0 amide bonds. The predicted molar refractivity (Wildman–Crippen MR) is 73.8 cm³/mol. The topological polar surface area (TPSA) is 46.2 Å². The minimum absolute atomic E-state index is 0.0483. The molecule has 1 unspecified atom stereocenters. The van der Waals surface area contributed by atoms with Gasteiger partial charge in [0.15, 0.2) is 0 Å². The summed E-state index contributed by atoms with van der Waals surface area (Å²) in [5.41, 5.74) is 5.42. The Labute approximate surface area is 110 Å². The summed E-state index contributed by atoms with van der Waals surface area (Å²) < 4.78 is 1.14. The molecule has 0 fully saturated rings. The number of thioether (sulfide) groups is 1. The number of benzene rings is 1. The lowest BCUT2D eigenvalue weighted by Gasteiger charge is -2.21. The van der Waals surface area contributed by atoms with Crippen molar-refractivity contribution in [2.75, 3.05) is 12.4 Å². The Kier molecular flexibility index (Phi) is 5.83. The summed E-state index contributed by atoms with van der Waals surface area (Å²) in [5.74, 6) is 1.02. The maximum absolute atomic E-state index is 9.02. The number of aliphatic hydroxyl groups is 1. The van der Waals surface area contributed by atoms with Gasteiger partial charge in [-0.2, -0.15) is 0 Å². The van der Waals surface area contributed by atoms with Gasteiger partial charge in [-0.1, -0.05) is 12.1 Å². The van der Waals surface area contributed by atoms with E-state index < -0.39 is 5.54 Å². The Morgan fingerprint density at radius 2 is 2.12 bits per heavy atom. The van der Waals surface area contributed by atoms with E-state index >= 15 is 0 Å². The standard InChI is InChI=1S/C12H18BrNOS/c1-12(14,9-15)7-4-8-16-11-6-3-2-5-10(11)13/h2-3,5-6,15H,4,7-9,14H2,1H3. The highest BCUT2D eigenvalue weighted by Gasteiger charge is 2.15. The average molecular weight is 304 g/mol. The lowest BCUT2D eigenvalue weighted by atomic mass is 9.99. The maximum Gasteiger partial charge on any atom is 0.0608 e. The van der Waals surface area contributed by atoms with Crippen LogP contribution in [0.1, 0.15) is 19.8 Å². The highest BCUT2D eigenvalue weighted by Crippen LogP contribution is 2.28. The van der Waals surface area contributed by atoms with Crippen LogP contribution in [0.15, 0.2) is 33.6 Å². The molecule has 16 heavy (non-hydrogen) atoms. The zero-order chi connectivity index (χ0) is 12.0. The van der Waals surface area contributed by atoms with Crippen LogP contribution in [0.5, 0.6) is 0 Å². The fourth-order valence-corrected chi connectivity index (χ4v) is 2.82. The van der Waals surface area contributed by atoms with Crippen molar-refractivity contribution in [3.05, 3.63) is 28.7 Å². The van der Waals surface area contributed by atoms with Crippen molar-refractivity contribution in [1.29, 1.82) is 0 Å². The second-order valence-electron chi connectivity index (χ2n) is 4.19. The van der Waals surface area contributed by atoms with Crippen molar-refractivity contribution in [2.45, 2.75) is 30.2 Å². The van der Waals surface area contributed by atoms with E-state index in [2.05, 4.69) is 22.0 Å². The lowest BCUT2D eigenvalue weighted by Crippen LogP contribution is -2.40. The van der Waals surface area contributed by atoms with Gasteiger partial charge in [-0.05, 0) is 53.6 Å². The molecule has 0 bridgehead atoms. The van der Waals surface area contributed by atoms with Crippen molar-refractivity contribution < 1.29 is 5.11 Å². The molecule has 0 heterocycles. The van der Waals surface area contributed by atoms with Crippen molar-refractivity contribution in [3.8, 4) is 0 Å². The Balaban J connectivity index is 2.29. The quantitative estimate of drug-likeness (QED) is 0.627. The van der Waals surface area contributed by atoms with Gasteiger partial charge < -0.3 is 10.8 Å². The minimum Gasteiger partial charge on any atom is -0.394 e. The summed E-state index contributed by atoms with van der Waals surface area (Å²) in [6.45, 7) is 1.93. The molecule has 0 aliphatic rings. The second kappa shape index (κ2) is 6.64. The molecule has 0 aliphatic carbocycles. The van der Waals surface area contributed by atoms with Crippen LogP contribution >= 0.6 is 27.7 Å². The average Bonchev–Trinajstić information content (AvgIpc) is 2.27. The molecule has 0 aromatic heterocycles. The molecule has 4 heteroatoms. The van der Waals surface area contributed by atoms with Crippen LogP contribution in [0.4, 0.5) is 0 Å². The SMILES string of the molecule is CC(N)(CO)CCCSc1ccccc1Br. The van der Waals surface area contributed by atoms with Crippen LogP contribution in [-0.2, 0) is 0 Å². The molecular formula is C12H18BrNOS. The Morgan fingerprint density at radius 3 is 2.75 bits per heavy atom. The number of rotatable bonds is 6. The third-order valence-corrected chi connectivity index (χ3v) is 4.46. The fraction of sp³-hybridized carbons (Fsp3) is 0.500. The first kappa shape index (κ1) is 14.0. The summed E-state index contributed by atoms with van der Waals surface area (Å²) in [7, 11) is 0. The summed E-state index contributed by atoms with van der Waals surface area (Å²) in [6.07, 6.45) is 1.86. The normalized spacial score (nSPS) is 14.8. The number of halogens is 1. The zero-order valence-electron chi connectivity index (χ0n) is 9.45. The Morgan fingerprint density at radius 1 is 1.44 bits per heavy atom. The summed E-state index contributed by atoms with van der Waals surface area (Å²) in [4.78, 5) is 1.25. The molecule has 1 atom stereocenters. The van der Waals surface area contributed by atoms with Gasteiger partial charge in [0.05, 0.1) is 6.61 Å². The van der Waals surface area contributed by atoms with E-state index in [1.807, 2.05) is 36.9 Å². The van der Waals surface area contributed by atoms with E-state index in [1.165, 1.54) is 4.90 Å². The zero-order valence-corrected chi connectivity index (χ0v) is 11.9. The lowest BCUT2D eigenvalue weighted by molar-refractivity contribution is 0.200. The van der Waals surface area contributed by atoms with Crippen LogP contribution in [-0.4, -0.2) is 23.0 Å². The van der Waals surface area contributed by atoms with Crippen LogP contribution in [0.25, 0.3) is 0 Å². The molecular weight excluding hydrogens is 286 g/mol. The first-order valence-corrected chi connectivity index (χ1v) is 7.10. The molecule has 0 aliphatic heterocycles. The second-order valence-corrected chi connectivity index (χ2v) is 6.19. The molecule has 1 aromatic rings. The molecule has 0 saturated heterocycles. The smallest absolute Gasteiger partial charge is 0.0608 e. The van der Waals surface area contributed by atoms with Crippen LogP contribution in [0.2, 0.25) is 0 Å². The molecule has 1 rings (SSSR count). The molecule has 0 radical (unpaired) electrons. The third kappa shape index (κ3) is 4.87. The molecule has 1 aromatic carbocycles. The van der Waals surface area contributed by atoms with Gasteiger partial charge in [-0.15, -0.1) is 11.8 Å². The summed E-state index contributed by atoms with van der Waals surface area (Å²) >= 11 is 5.33. The van der Waals surface area contributed by atoms with Crippen LogP contribution in [0, 0.1) is 0 Å². The molecule has 0 saturated carbocycles. The van der Waals surface area contributed by atoms with E-state index in [1.54, 1.807) is 0 Å². The number of nitrogens with two attached hydrogens (primary N) is 1. The van der Waals surface area contributed by atoms with Crippen LogP contribution < -0.4 is 5.73 Å². The first-order valence-electron chi connectivity index (χ1n) is 5.32. The number of hydrogen-bond donors (Lipinski definition) is 2. The summed E-state index contributed by atoms with van der Waals surface area (Å²) in [5, 5.41) is 9.02. The van der Waals surface area contributed by atoms with Gasteiger partial charge in [0.2, 0.25) is 0 Å². The summed E-state index contributed by atoms with van der Waals surface area (Å²) in [6, 6.07) is 8.19. The van der Waals surface area contributed by atoms with E-state index in [0.717, 1.165) is 23.1 Å². The molecule has 90 valence electrons. The molecule has 3 N–H and O–H groups in total. The van der Waals surface area contributed by atoms with Crippen molar-refractivity contribution in [3.63, 3.8) is 0 Å². The van der Waals surface area contributed by atoms with E-state index in [0.29, 0.717) is 0 Å². The van der Waals surface area contributed by atoms with Crippen molar-refractivity contribution in [2.24, 2.45) is 5.73 Å². The predicted octanol–water partition coefficient (Wildman–Crippen LogP) is 3.03. The number of aliphatic hydroxyl groups excluding tert-OH is 1. The molecule has 2 nitrogen and oxygen atoms in total. The van der Waals surface area contributed by atoms with E-state index in [9.17, 15) is 0 Å². The van der Waals surface area contributed by atoms with E-state index in [4.69, 9.17) is 10.8 Å². The third-order valence-electron chi connectivity index (χ3n) is 2.35. The van der Waals surface area contributed by atoms with Crippen molar-refractivity contribution >= 4 is 27.7 Å². The largest absolute Gasteiger partial charge is 0.394 e. The molecule has 0 spiro atoms. The Hall–Kier alpha value is -0.0300. The van der Waals surface area contributed by atoms with Crippen LogP contribution in [0.3, 0.4) is 0 Å². The van der Waals surface area contributed by atoms with Gasteiger partial charge in [-0.25, -0.2) is 0 Å². The van der Waals surface area contributed by atoms with Gasteiger partial charge in [0.1, 0.15) is 0 Å². The van der Waals surface area contributed by atoms with Crippen molar-refractivity contribution in [1.82, 2.24) is 0 Å². The maximum atomic E-state index is 9.02. The highest BCUT2D eigenvalue weighted by atomic mass is 79.9. The number of hydrogen-bond acceptors (Lipinski definition) is 3. The van der Waals surface area contributed by atoms with Gasteiger partial charge in [0, 0.05) is 14.9 Å². The first-order chi connectivity index (χ1) is 7.55.